The quantitative estimate of drug-likeness (QED) is 0.720. The van der Waals surface area contributed by atoms with Crippen LogP contribution < -0.4 is 4.90 Å². The first-order valence-corrected chi connectivity index (χ1v) is 8.51. The number of alkyl halides is 3. The molecule has 0 unspecified atom stereocenters. The lowest BCUT2D eigenvalue weighted by Crippen LogP contribution is -2.37. The van der Waals surface area contributed by atoms with Crippen LogP contribution in [0.3, 0.4) is 0 Å². The van der Waals surface area contributed by atoms with Gasteiger partial charge in [0.25, 0.3) is 0 Å². The number of hydrogen-bond donors (Lipinski definition) is 0. The number of nitrogens with zero attached hydrogens (tertiary/aromatic N) is 3. The van der Waals surface area contributed by atoms with Crippen molar-refractivity contribution in [3.05, 3.63) is 42.4 Å². The third-order valence-corrected chi connectivity index (χ3v) is 3.53. The van der Waals surface area contributed by atoms with Crippen molar-refractivity contribution >= 4 is 11.8 Å². The van der Waals surface area contributed by atoms with E-state index in [1.54, 1.807) is 20.8 Å². The molecule has 1 heterocycles. The number of carbonyl (C=O) groups excluding carboxylic acids is 1. The third-order valence-electron chi connectivity index (χ3n) is 3.53. The number of benzene rings is 1. The Morgan fingerprint density at radius 1 is 1.15 bits per heavy atom. The predicted octanol–water partition coefficient (Wildman–Crippen LogP) is 5.31. The predicted molar refractivity (Wildman–Crippen MR) is 96.3 cm³/mol. The Morgan fingerprint density at radius 3 is 2.30 bits per heavy atom. The number of carbonyl (C=O) groups is 1. The van der Waals surface area contributed by atoms with Crippen molar-refractivity contribution in [1.29, 1.82) is 0 Å². The molecule has 0 N–H and O–H groups in total. The summed E-state index contributed by atoms with van der Waals surface area (Å²) in [7, 11) is 0. The van der Waals surface area contributed by atoms with Crippen molar-refractivity contribution in [3.63, 3.8) is 0 Å². The Kier molecular flexibility index (Phi) is 6.08. The fourth-order valence-corrected chi connectivity index (χ4v) is 2.41. The van der Waals surface area contributed by atoms with Crippen LogP contribution in [0.15, 0.2) is 36.8 Å². The topological polar surface area (TPSA) is 55.3 Å². The van der Waals surface area contributed by atoms with Crippen molar-refractivity contribution in [2.75, 3.05) is 11.4 Å². The van der Waals surface area contributed by atoms with Gasteiger partial charge in [0.05, 0.1) is 23.1 Å². The molecule has 0 bridgehead atoms. The minimum absolute atomic E-state index is 0.357. The zero-order valence-electron chi connectivity index (χ0n) is 15.7. The average molecular weight is 381 g/mol. The Labute approximate surface area is 156 Å². The molecule has 0 radical (unpaired) electrons. The molecule has 0 aliphatic rings. The van der Waals surface area contributed by atoms with E-state index in [4.69, 9.17) is 4.74 Å². The number of hydrogen-bond acceptors (Lipinski definition) is 4. The lowest BCUT2D eigenvalue weighted by atomic mass is 10.1. The largest absolute Gasteiger partial charge is 0.443 e. The van der Waals surface area contributed by atoms with Crippen LogP contribution in [0.5, 0.6) is 0 Å². The Hall–Kier alpha value is -2.64. The van der Waals surface area contributed by atoms with Crippen LogP contribution in [0.4, 0.5) is 23.7 Å². The number of rotatable bonds is 4. The highest BCUT2D eigenvalue weighted by Gasteiger charge is 2.30. The van der Waals surface area contributed by atoms with Gasteiger partial charge in [-0.15, -0.1) is 0 Å². The van der Waals surface area contributed by atoms with E-state index in [9.17, 15) is 18.0 Å². The van der Waals surface area contributed by atoms with Crippen LogP contribution in [0.2, 0.25) is 0 Å². The summed E-state index contributed by atoms with van der Waals surface area (Å²) < 4.78 is 43.8. The number of ether oxygens (including phenoxy) is 1. The van der Waals surface area contributed by atoms with Gasteiger partial charge in [0.1, 0.15) is 11.9 Å². The summed E-state index contributed by atoms with van der Waals surface area (Å²) in [5.74, 6) is 0. The summed E-state index contributed by atoms with van der Waals surface area (Å²) in [6.45, 7) is 7.53. The summed E-state index contributed by atoms with van der Waals surface area (Å²) in [5, 5.41) is 0. The number of amides is 1. The minimum Gasteiger partial charge on any atom is -0.443 e. The molecule has 0 atom stereocenters. The molecular formula is C19H22F3N3O2. The molecule has 5 nitrogen and oxygen atoms in total. The summed E-state index contributed by atoms with van der Waals surface area (Å²) in [5.41, 5.74) is -0.247. The second kappa shape index (κ2) is 7.94. The first-order valence-electron chi connectivity index (χ1n) is 8.51. The fraction of sp³-hybridized carbons (Fsp3) is 0.421. The van der Waals surface area contributed by atoms with Gasteiger partial charge in [0.15, 0.2) is 0 Å². The molecule has 0 saturated heterocycles. The van der Waals surface area contributed by atoms with E-state index < -0.39 is 23.4 Å². The molecule has 1 aromatic carbocycles. The number of halogens is 3. The molecular weight excluding hydrogens is 359 g/mol. The van der Waals surface area contributed by atoms with Gasteiger partial charge >= 0.3 is 12.3 Å². The van der Waals surface area contributed by atoms with Gasteiger partial charge in [-0.1, -0.05) is 19.1 Å². The molecule has 0 fully saturated rings. The Bertz CT molecular complexity index is 784. The van der Waals surface area contributed by atoms with Crippen molar-refractivity contribution in [2.45, 2.75) is 45.9 Å². The second-order valence-corrected chi connectivity index (χ2v) is 6.96. The van der Waals surface area contributed by atoms with Gasteiger partial charge in [-0.05, 0) is 39.3 Å². The van der Waals surface area contributed by atoms with Crippen molar-refractivity contribution in [3.8, 4) is 11.3 Å². The van der Waals surface area contributed by atoms with E-state index in [-0.39, 0.29) is 0 Å². The third kappa shape index (κ3) is 5.42. The maximum Gasteiger partial charge on any atom is 0.416 e. The summed E-state index contributed by atoms with van der Waals surface area (Å²) in [6, 6.07) is 4.62. The van der Waals surface area contributed by atoms with Crippen LogP contribution in [-0.4, -0.2) is 28.2 Å². The molecule has 27 heavy (non-hydrogen) atoms. The molecule has 1 amide bonds. The fourth-order valence-electron chi connectivity index (χ4n) is 2.41. The molecule has 8 heteroatoms. The number of anilines is 1. The summed E-state index contributed by atoms with van der Waals surface area (Å²) in [4.78, 5) is 22.2. The van der Waals surface area contributed by atoms with E-state index in [1.165, 1.54) is 29.6 Å². The zero-order valence-corrected chi connectivity index (χ0v) is 15.7. The highest BCUT2D eigenvalue weighted by molar-refractivity contribution is 5.92. The molecule has 146 valence electrons. The maximum atomic E-state index is 12.8. The lowest BCUT2D eigenvalue weighted by Gasteiger charge is -2.28. The summed E-state index contributed by atoms with van der Waals surface area (Å²) >= 11 is 0. The standard InChI is InChI=1S/C19H22F3N3O2/c1-5-10-25(17(26)27-18(2,3)4)15-11-23-12-24-16(15)13-6-8-14(9-7-13)19(20,21)22/h6-9,11-12H,5,10H2,1-4H3. The molecule has 0 aliphatic heterocycles. The molecule has 0 spiro atoms. The van der Waals surface area contributed by atoms with Crippen LogP contribution in [-0.2, 0) is 10.9 Å². The second-order valence-electron chi connectivity index (χ2n) is 6.96. The SMILES string of the molecule is CCCN(C(=O)OC(C)(C)C)c1cncnc1-c1ccc(C(F)(F)F)cc1. The van der Waals surface area contributed by atoms with Crippen molar-refractivity contribution in [1.82, 2.24) is 9.97 Å². The molecule has 2 rings (SSSR count). The van der Waals surface area contributed by atoms with Gasteiger partial charge in [-0.25, -0.2) is 14.8 Å². The van der Waals surface area contributed by atoms with E-state index in [0.29, 0.717) is 29.9 Å². The average Bonchev–Trinajstić information content (AvgIpc) is 2.57. The van der Waals surface area contributed by atoms with Crippen LogP contribution >= 0.6 is 0 Å². The zero-order chi connectivity index (χ0) is 20.2. The lowest BCUT2D eigenvalue weighted by molar-refractivity contribution is -0.137. The van der Waals surface area contributed by atoms with Crippen LogP contribution in [0.1, 0.15) is 39.7 Å². The Balaban J connectivity index is 2.44. The van der Waals surface area contributed by atoms with Crippen LogP contribution in [0.25, 0.3) is 11.3 Å². The van der Waals surface area contributed by atoms with Gasteiger partial charge in [-0.2, -0.15) is 13.2 Å². The van der Waals surface area contributed by atoms with Crippen LogP contribution in [0, 0.1) is 0 Å². The first kappa shape index (κ1) is 20.7. The summed E-state index contributed by atoms with van der Waals surface area (Å²) in [6.07, 6.45) is -1.58. The highest BCUT2D eigenvalue weighted by Crippen LogP contribution is 2.33. The van der Waals surface area contributed by atoms with E-state index in [0.717, 1.165) is 12.1 Å². The highest BCUT2D eigenvalue weighted by atomic mass is 19.4. The smallest absolute Gasteiger partial charge is 0.416 e. The molecule has 1 aromatic heterocycles. The van der Waals surface area contributed by atoms with Gasteiger partial charge < -0.3 is 4.74 Å². The van der Waals surface area contributed by atoms with Crippen molar-refractivity contribution < 1.29 is 22.7 Å². The minimum atomic E-state index is -4.42. The first-order chi connectivity index (χ1) is 12.5. The van der Waals surface area contributed by atoms with E-state index in [2.05, 4.69) is 9.97 Å². The van der Waals surface area contributed by atoms with E-state index >= 15 is 0 Å². The number of aromatic nitrogens is 2. The van der Waals surface area contributed by atoms with Crippen molar-refractivity contribution in [2.24, 2.45) is 0 Å². The Morgan fingerprint density at radius 2 is 1.78 bits per heavy atom. The monoisotopic (exact) mass is 381 g/mol. The maximum absolute atomic E-state index is 12.8. The molecule has 2 aromatic rings. The molecule has 0 aliphatic carbocycles. The normalized spacial score (nSPS) is 12.0. The van der Waals surface area contributed by atoms with E-state index in [1.807, 2.05) is 6.92 Å². The van der Waals surface area contributed by atoms with Gasteiger partial charge in [0, 0.05) is 12.1 Å². The molecule has 0 saturated carbocycles. The van der Waals surface area contributed by atoms with Gasteiger partial charge in [-0.3, -0.25) is 4.90 Å². The van der Waals surface area contributed by atoms with Gasteiger partial charge in [0.2, 0.25) is 0 Å².